The van der Waals surface area contributed by atoms with Crippen molar-refractivity contribution in [3.63, 3.8) is 0 Å². The van der Waals surface area contributed by atoms with Crippen LogP contribution in [0.25, 0.3) is 0 Å². The molecule has 2 rings (SSSR count). The summed E-state index contributed by atoms with van der Waals surface area (Å²) in [6, 6.07) is 3.60. The van der Waals surface area contributed by atoms with E-state index in [1.165, 1.54) is 4.90 Å². The number of hydrogen-bond donors (Lipinski definition) is 1. The fourth-order valence-electron chi connectivity index (χ4n) is 2.08. The second-order valence-electron chi connectivity index (χ2n) is 4.02. The predicted octanol–water partition coefficient (Wildman–Crippen LogP) is 2.38. The van der Waals surface area contributed by atoms with Crippen molar-refractivity contribution in [2.75, 3.05) is 11.4 Å². The zero-order valence-corrected chi connectivity index (χ0v) is 11.3. The van der Waals surface area contributed by atoms with Crippen molar-refractivity contribution in [1.82, 2.24) is 5.32 Å². The molecule has 0 spiro atoms. The van der Waals surface area contributed by atoms with Gasteiger partial charge in [-0.25, -0.2) is 4.79 Å². The second-order valence-corrected chi connectivity index (χ2v) is 4.94. The molecule has 90 valence electrons. The third-order valence-electron chi connectivity index (χ3n) is 2.79. The maximum absolute atomic E-state index is 11.7. The molecular formula is C12H13BrN2O2. The van der Waals surface area contributed by atoms with Crippen molar-refractivity contribution in [3.05, 3.63) is 27.7 Å². The van der Waals surface area contributed by atoms with Crippen LogP contribution in [0.5, 0.6) is 0 Å². The van der Waals surface area contributed by atoms with Crippen molar-refractivity contribution >= 4 is 33.6 Å². The van der Waals surface area contributed by atoms with Gasteiger partial charge < -0.3 is 0 Å². The number of halogens is 1. The van der Waals surface area contributed by atoms with Gasteiger partial charge in [-0.05, 0) is 36.6 Å². The molecule has 3 amide bonds. The van der Waals surface area contributed by atoms with Gasteiger partial charge in [0, 0.05) is 4.47 Å². The summed E-state index contributed by atoms with van der Waals surface area (Å²) >= 11 is 3.44. The maximum atomic E-state index is 11.7. The molecule has 0 bridgehead atoms. The topological polar surface area (TPSA) is 49.4 Å². The molecule has 0 radical (unpaired) electrons. The summed E-state index contributed by atoms with van der Waals surface area (Å²) < 4.78 is 0.988. The van der Waals surface area contributed by atoms with E-state index in [2.05, 4.69) is 21.2 Å². The first-order chi connectivity index (χ1) is 8.02. The largest absolute Gasteiger partial charge is 0.329 e. The van der Waals surface area contributed by atoms with E-state index in [0.717, 1.165) is 27.7 Å². The first-order valence-electron chi connectivity index (χ1n) is 5.43. The van der Waals surface area contributed by atoms with Gasteiger partial charge in [0.25, 0.3) is 0 Å². The maximum Gasteiger partial charge on any atom is 0.329 e. The van der Waals surface area contributed by atoms with E-state index in [-0.39, 0.29) is 18.5 Å². The molecule has 0 aliphatic carbocycles. The average Bonchev–Trinajstić information content (AvgIpc) is 2.56. The first-order valence-corrected chi connectivity index (χ1v) is 6.22. The summed E-state index contributed by atoms with van der Waals surface area (Å²) in [5, 5.41) is 2.29. The number of anilines is 1. The molecule has 1 aliphatic heterocycles. The Hall–Kier alpha value is -1.36. The number of nitrogens with one attached hydrogen (secondary N) is 1. The van der Waals surface area contributed by atoms with Crippen LogP contribution in [0.2, 0.25) is 0 Å². The highest BCUT2D eigenvalue weighted by atomic mass is 79.9. The van der Waals surface area contributed by atoms with Crippen molar-refractivity contribution in [3.8, 4) is 0 Å². The summed E-state index contributed by atoms with van der Waals surface area (Å²) in [5.74, 6) is -0.251. The van der Waals surface area contributed by atoms with Crippen molar-refractivity contribution < 1.29 is 9.59 Å². The SMILES string of the molecule is CCc1cc(Br)cc(C)c1N1CC(=O)NC1=O. The predicted molar refractivity (Wildman–Crippen MR) is 69.1 cm³/mol. The molecule has 1 saturated heterocycles. The molecule has 0 unspecified atom stereocenters. The second kappa shape index (κ2) is 4.49. The van der Waals surface area contributed by atoms with Crippen molar-refractivity contribution in [2.24, 2.45) is 0 Å². The molecule has 1 fully saturated rings. The van der Waals surface area contributed by atoms with Gasteiger partial charge in [0.2, 0.25) is 5.91 Å². The van der Waals surface area contributed by atoms with E-state index in [0.29, 0.717) is 0 Å². The van der Waals surface area contributed by atoms with E-state index in [1.807, 2.05) is 26.0 Å². The quantitative estimate of drug-likeness (QED) is 0.852. The summed E-state index contributed by atoms with van der Waals surface area (Å²) in [5.41, 5.74) is 2.89. The number of nitrogens with zero attached hydrogens (tertiary/aromatic N) is 1. The van der Waals surface area contributed by atoms with Gasteiger partial charge in [0.05, 0.1) is 5.69 Å². The zero-order chi connectivity index (χ0) is 12.6. The zero-order valence-electron chi connectivity index (χ0n) is 9.71. The molecule has 1 aromatic carbocycles. The van der Waals surface area contributed by atoms with Gasteiger partial charge in [0.15, 0.2) is 0 Å². The Balaban J connectivity index is 2.51. The van der Waals surface area contributed by atoms with Gasteiger partial charge in [-0.1, -0.05) is 22.9 Å². The Morgan fingerprint density at radius 3 is 2.65 bits per heavy atom. The van der Waals surface area contributed by atoms with Gasteiger partial charge in [-0.3, -0.25) is 15.0 Å². The molecular weight excluding hydrogens is 284 g/mol. The van der Waals surface area contributed by atoms with Crippen LogP contribution in [-0.4, -0.2) is 18.5 Å². The number of urea groups is 1. The van der Waals surface area contributed by atoms with Gasteiger partial charge in [0.1, 0.15) is 6.54 Å². The van der Waals surface area contributed by atoms with Crippen LogP contribution in [0.15, 0.2) is 16.6 Å². The molecule has 5 heteroatoms. The van der Waals surface area contributed by atoms with Crippen molar-refractivity contribution in [2.45, 2.75) is 20.3 Å². The number of benzene rings is 1. The van der Waals surface area contributed by atoms with Crippen LogP contribution in [0.3, 0.4) is 0 Å². The number of carbonyl (C=O) groups is 2. The van der Waals surface area contributed by atoms with Crippen LogP contribution < -0.4 is 10.2 Å². The monoisotopic (exact) mass is 296 g/mol. The van der Waals surface area contributed by atoms with Crippen LogP contribution in [0, 0.1) is 6.92 Å². The standard InChI is InChI=1S/C12H13BrN2O2/c1-3-8-5-9(13)4-7(2)11(8)15-6-10(16)14-12(15)17/h4-5H,3,6H2,1-2H3,(H,14,16,17). The number of imide groups is 1. The number of amides is 3. The number of hydrogen-bond acceptors (Lipinski definition) is 2. The lowest BCUT2D eigenvalue weighted by atomic mass is 10.0. The first kappa shape index (κ1) is 12.1. The molecule has 0 aromatic heterocycles. The lowest BCUT2D eigenvalue weighted by molar-refractivity contribution is -0.117. The fraction of sp³-hybridized carbons (Fsp3) is 0.333. The van der Waals surface area contributed by atoms with Crippen LogP contribution in [0.4, 0.5) is 10.5 Å². The normalized spacial score (nSPS) is 15.4. The summed E-state index contributed by atoms with van der Waals surface area (Å²) in [7, 11) is 0. The number of rotatable bonds is 2. The van der Waals surface area contributed by atoms with Crippen LogP contribution in [0.1, 0.15) is 18.1 Å². The Morgan fingerprint density at radius 1 is 1.41 bits per heavy atom. The molecule has 1 aromatic rings. The van der Waals surface area contributed by atoms with E-state index < -0.39 is 0 Å². The van der Waals surface area contributed by atoms with Crippen LogP contribution >= 0.6 is 15.9 Å². The molecule has 1 heterocycles. The summed E-state index contributed by atoms with van der Waals surface area (Å²) in [6.07, 6.45) is 0.813. The minimum atomic E-state index is -0.338. The Kier molecular flexibility index (Phi) is 3.19. The van der Waals surface area contributed by atoms with Crippen molar-refractivity contribution in [1.29, 1.82) is 0 Å². The minimum absolute atomic E-state index is 0.105. The van der Waals surface area contributed by atoms with E-state index in [9.17, 15) is 9.59 Å². The Bertz CT molecular complexity index is 500. The fourth-order valence-corrected chi connectivity index (χ4v) is 2.70. The third kappa shape index (κ3) is 2.20. The van der Waals surface area contributed by atoms with Gasteiger partial charge in [-0.2, -0.15) is 0 Å². The minimum Gasteiger partial charge on any atom is -0.284 e. The van der Waals surface area contributed by atoms with E-state index in [1.54, 1.807) is 0 Å². The molecule has 0 saturated carbocycles. The molecule has 4 nitrogen and oxygen atoms in total. The van der Waals surface area contributed by atoms with Gasteiger partial charge >= 0.3 is 6.03 Å². The van der Waals surface area contributed by atoms with Crippen LogP contribution in [-0.2, 0) is 11.2 Å². The highest BCUT2D eigenvalue weighted by Gasteiger charge is 2.30. The average molecular weight is 297 g/mol. The summed E-state index contributed by atoms with van der Waals surface area (Å²) in [4.78, 5) is 24.4. The number of aryl methyl sites for hydroxylation is 2. The van der Waals surface area contributed by atoms with E-state index >= 15 is 0 Å². The van der Waals surface area contributed by atoms with Gasteiger partial charge in [-0.15, -0.1) is 0 Å². The molecule has 1 N–H and O–H groups in total. The third-order valence-corrected chi connectivity index (χ3v) is 3.25. The lowest BCUT2D eigenvalue weighted by Crippen LogP contribution is -2.29. The molecule has 17 heavy (non-hydrogen) atoms. The molecule has 1 aliphatic rings. The number of carbonyl (C=O) groups excluding carboxylic acids is 2. The highest BCUT2D eigenvalue weighted by molar-refractivity contribution is 9.10. The highest BCUT2D eigenvalue weighted by Crippen LogP contribution is 2.30. The van der Waals surface area contributed by atoms with E-state index in [4.69, 9.17) is 0 Å². The Morgan fingerprint density at radius 2 is 2.12 bits per heavy atom. The smallest absolute Gasteiger partial charge is 0.284 e. The summed E-state index contributed by atoms with van der Waals surface area (Å²) in [6.45, 7) is 4.07. The lowest BCUT2D eigenvalue weighted by Gasteiger charge is -2.20. The Labute approximate surface area is 108 Å². The molecule has 0 atom stereocenters.